The van der Waals surface area contributed by atoms with Crippen molar-refractivity contribution >= 4 is 10.0 Å². The van der Waals surface area contributed by atoms with Crippen molar-refractivity contribution in [3.8, 4) is 22.9 Å². The molecule has 170 valence electrons. The van der Waals surface area contributed by atoms with Crippen molar-refractivity contribution in [1.29, 1.82) is 0 Å². The van der Waals surface area contributed by atoms with Crippen molar-refractivity contribution in [2.75, 3.05) is 27.3 Å². The van der Waals surface area contributed by atoms with Gasteiger partial charge in [-0.25, -0.2) is 8.42 Å². The van der Waals surface area contributed by atoms with E-state index in [9.17, 15) is 8.42 Å². The third-order valence-electron chi connectivity index (χ3n) is 5.94. The normalized spacial score (nSPS) is 17.3. The first-order chi connectivity index (χ1) is 15.3. The molecule has 0 amide bonds. The van der Waals surface area contributed by atoms with Gasteiger partial charge in [-0.15, -0.1) is 0 Å². The van der Waals surface area contributed by atoms with Crippen LogP contribution in [0.15, 0.2) is 45.8 Å². The van der Waals surface area contributed by atoms with Crippen molar-refractivity contribution < 1.29 is 22.4 Å². The number of ether oxygens (including phenoxy) is 2. The van der Waals surface area contributed by atoms with Crippen LogP contribution in [0.25, 0.3) is 11.4 Å². The Hall–Kier alpha value is -2.91. The van der Waals surface area contributed by atoms with E-state index in [0.717, 1.165) is 24.0 Å². The van der Waals surface area contributed by atoms with Gasteiger partial charge in [-0.05, 0) is 62.1 Å². The van der Waals surface area contributed by atoms with E-state index in [4.69, 9.17) is 14.0 Å². The molecule has 1 saturated heterocycles. The van der Waals surface area contributed by atoms with Crippen LogP contribution in [-0.4, -0.2) is 50.2 Å². The quantitative estimate of drug-likeness (QED) is 0.553. The number of rotatable bonds is 6. The smallest absolute Gasteiger partial charge is 0.243 e. The minimum absolute atomic E-state index is 0.171. The Labute approximate surface area is 188 Å². The molecule has 9 heteroatoms. The Morgan fingerprint density at radius 1 is 1.06 bits per heavy atom. The predicted molar refractivity (Wildman–Crippen MR) is 119 cm³/mol. The second-order valence-electron chi connectivity index (χ2n) is 7.97. The van der Waals surface area contributed by atoms with E-state index in [2.05, 4.69) is 10.1 Å². The number of aromatic nitrogens is 2. The summed E-state index contributed by atoms with van der Waals surface area (Å²) in [5, 5.41) is 4.12. The minimum atomic E-state index is -3.60. The van der Waals surface area contributed by atoms with E-state index in [0.29, 0.717) is 46.8 Å². The number of hydrogen-bond donors (Lipinski definition) is 0. The van der Waals surface area contributed by atoms with E-state index < -0.39 is 10.0 Å². The summed E-state index contributed by atoms with van der Waals surface area (Å²) >= 11 is 0. The third-order valence-corrected chi connectivity index (χ3v) is 7.80. The van der Waals surface area contributed by atoms with Crippen LogP contribution in [0.2, 0.25) is 0 Å². The summed E-state index contributed by atoms with van der Waals surface area (Å²) in [6, 6.07) is 10.6. The van der Waals surface area contributed by atoms with Crippen LogP contribution >= 0.6 is 0 Å². The van der Waals surface area contributed by atoms with Gasteiger partial charge in [0.05, 0.1) is 30.6 Å². The maximum Gasteiger partial charge on any atom is 0.243 e. The molecule has 0 unspecified atom stereocenters. The van der Waals surface area contributed by atoms with Gasteiger partial charge in [0.2, 0.25) is 21.7 Å². The fraction of sp³-hybridized carbons (Fsp3) is 0.391. The van der Waals surface area contributed by atoms with Crippen LogP contribution in [0.5, 0.6) is 11.5 Å². The topological polar surface area (TPSA) is 94.8 Å². The molecule has 1 atom stereocenters. The SMILES string of the molecule is COc1ccc(-c2noc([C@H]3CCCN(S(=O)(=O)c4ccc(C)c(C)c4)C3)n2)c(OC)c1. The molecule has 1 fully saturated rings. The van der Waals surface area contributed by atoms with Gasteiger partial charge >= 0.3 is 0 Å². The molecule has 1 aliphatic rings. The molecule has 0 spiro atoms. The zero-order valence-corrected chi connectivity index (χ0v) is 19.5. The maximum absolute atomic E-state index is 13.2. The summed E-state index contributed by atoms with van der Waals surface area (Å²) in [6.45, 7) is 4.66. The highest BCUT2D eigenvalue weighted by Crippen LogP contribution is 2.34. The zero-order valence-electron chi connectivity index (χ0n) is 18.7. The van der Waals surface area contributed by atoms with Gasteiger partial charge in [0, 0.05) is 19.2 Å². The van der Waals surface area contributed by atoms with Crippen LogP contribution in [0.4, 0.5) is 0 Å². The number of nitrogens with zero attached hydrogens (tertiary/aromatic N) is 3. The van der Waals surface area contributed by atoms with Crippen LogP contribution in [0.1, 0.15) is 35.8 Å². The Bertz CT molecular complexity index is 1220. The number of benzene rings is 2. The molecule has 0 aliphatic carbocycles. The molecule has 2 aromatic carbocycles. The van der Waals surface area contributed by atoms with Crippen LogP contribution in [0.3, 0.4) is 0 Å². The van der Waals surface area contributed by atoms with Crippen LogP contribution in [0, 0.1) is 13.8 Å². The van der Waals surface area contributed by atoms with Gasteiger partial charge in [-0.2, -0.15) is 9.29 Å². The lowest BCUT2D eigenvalue weighted by atomic mass is 10.00. The largest absolute Gasteiger partial charge is 0.497 e. The van der Waals surface area contributed by atoms with E-state index in [1.807, 2.05) is 26.0 Å². The summed E-state index contributed by atoms with van der Waals surface area (Å²) in [4.78, 5) is 4.88. The molecule has 0 bridgehead atoms. The Morgan fingerprint density at radius 2 is 1.88 bits per heavy atom. The molecule has 4 rings (SSSR count). The van der Waals surface area contributed by atoms with Crippen LogP contribution in [-0.2, 0) is 10.0 Å². The fourth-order valence-electron chi connectivity index (χ4n) is 3.88. The highest BCUT2D eigenvalue weighted by molar-refractivity contribution is 7.89. The second kappa shape index (κ2) is 8.91. The van der Waals surface area contributed by atoms with Gasteiger partial charge in [0.25, 0.3) is 0 Å². The molecule has 2 heterocycles. The van der Waals surface area contributed by atoms with Gasteiger partial charge in [-0.1, -0.05) is 11.2 Å². The number of hydrogen-bond acceptors (Lipinski definition) is 7. The molecular weight excluding hydrogens is 430 g/mol. The van der Waals surface area contributed by atoms with E-state index in [1.54, 1.807) is 38.5 Å². The second-order valence-corrected chi connectivity index (χ2v) is 9.91. The van der Waals surface area contributed by atoms with E-state index >= 15 is 0 Å². The maximum atomic E-state index is 13.2. The van der Waals surface area contributed by atoms with Gasteiger partial charge in [-0.3, -0.25) is 0 Å². The molecule has 0 radical (unpaired) electrons. The molecule has 32 heavy (non-hydrogen) atoms. The van der Waals surface area contributed by atoms with E-state index in [-0.39, 0.29) is 5.92 Å². The molecule has 0 saturated carbocycles. The fourth-order valence-corrected chi connectivity index (χ4v) is 5.49. The van der Waals surface area contributed by atoms with Gasteiger partial charge in [0.1, 0.15) is 11.5 Å². The van der Waals surface area contributed by atoms with Crippen molar-refractivity contribution in [2.24, 2.45) is 0 Å². The lowest BCUT2D eigenvalue weighted by Gasteiger charge is -2.30. The first kappa shape index (κ1) is 22.3. The van der Waals surface area contributed by atoms with Gasteiger partial charge < -0.3 is 14.0 Å². The zero-order chi connectivity index (χ0) is 22.9. The molecule has 1 aliphatic heterocycles. The van der Waals surface area contributed by atoms with Crippen molar-refractivity contribution in [1.82, 2.24) is 14.4 Å². The number of aryl methyl sites for hydroxylation is 2. The summed E-state index contributed by atoms with van der Waals surface area (Å²) in [5.74, 6) is 1.88. The Kier molecular flexibility index (Phi) is 6.21. The number of piperidine rings is 1. The predicted octanol–water partition coefficient (Wildman–Crippen LogP) is 3.94. The lowest BCUT2D eigenvalue weighted by Crippen LogP contribution is -2.39. The average Bonchev–Trinajstić information content (AvgIpc) is 3.30. The highest BCUT2D eigenvalue weighted by atomic mass is 32.2. The Morgan fingerprint density at radius 3 is 2.59 bits per heavy atom. The molecule has 0 N–H and O–H groups in total. The lowest BCUT2D eigenvalue weighted by molar-refractivity contribution is 0.265. The first-order valence-corrected chi connectivity index (χ1v) is 11.9. The van der Waals surface area contributed by atoms with Gasteiger partial charge in [0.15, 0.2) is 0 Å². The van der Waals surface area contributed by atoms with Crippen LogP contribution < -0.4 is 9.47 Å². The monoisotopic (exact) mass is 457 g/mol. The van der Waals surface area contributed by atoms with E-state index in [1.165, 1.54) is 4.31 Å². The number of methoxy groups -OCH3 is 2. The minimum Gasteiger partial charge on any atom is -0.497 e. The standard InChI is InChI=1S/C23H27N3O5S/c1-15-7-9-19(12-16(15)2)32(27,28)26-11-5-6-17(14-26)23-24-22(25-31-23)20-10-8-18(29-3)13-21(20)30-4/h7-10,12-13,17H,5-6,11,14H2,1-4H3/t17-/m0/s1. The third kappa shape index (κ3) is 4.22. The molecule has 3 aromatic rings. The van der Waals surface area contributed by atoms with Crippen molar-refractivity contribution in [2.45, 2.75) is 37.5 Å². The Balaban J connectivity index is 1.57. The average molecular weight is 458 g/mol. The summed E-state index contributed by atoms with van der Waals surface area (Å²) in [7, 11) is -0.446. The highest BCUT2D eigenvalue weighted by Gasteiger charge is 2.33. The summed E-state index contributed by atoms with van der Waals surface area (Å²) in [5.41, 5.74) is 2.70. The summed E-state index contributed by atoms with van der Waals surface area (Å²) in [6.07, 6.45) is 1.50. The van der Waals surface area contributed by atoms with Crippen molar-refractivity contribution in [3.63, 3.8) is 0 Å². The van der Waals surface area contributed by atoms with Crippen molar-refractivity contribution in [3.05, 3.63) is 53.4 Å². The molecule has 8 nitrogen and oxygen atoms in total. The summed E-state index contributed by atoms with van der Waals surface area (Å²) < 4.78 is 44.2. The number of sulfonamides is 1. The molecular formula is C23H27N3O5S. The first-order valence-electron chi connectivity index (χ1n) is 10.5. The molecule has 1 aromatic heterocycles.